The molecule has 20 heavy (non-hydrogen) atoms. The van der Waals surface area contributed by atoms with Gasteiger partial charge in [0.25, 0.3) is 0 Å². The maximum absolute atomic E-state index is 9.13. The van der Waals surface area contributed by atoms with Crippen molar-refractivity contribution >= 4 is 5.69 Å². The summed E-state index contributed by atoms with van der Waals surface area (Å²) < 4.78 is 11.2. The summed E-state index contributed by atoms with van der Waals surface area (Å²) in [4.78, 5) is 0. The number of anilines is 1. The summed E-state index contributed by atoms with van der Waals surface area (Å²) in [6.07, 6.45) is 0. The molecular weight excluding hydrogens is 252 g/mol. The summed E-state index contributed by atoms with van der Waals surface area (Å²) >= 11 is 0. The van der Waals surface area contributed by atoms with E-state index in [2.05, 4.69) is 11.4 Å². The topological polar surface area (TPSA) is 54.3 Å². The Kier molecular flexibility index (Phi) is 4.03. The first-order valence-electron chi connectivity index (χ1n) is 6.89. The maximum Gasteiger partial charge on any atom is 0.162 e. The number of nitrogens with one attached hydrogen (secondary N) is 1. The fourth-order valence-corrected chi connectivity index (χ4v) is 2.06. The van der Waals surface area contributed by atoms with Crippen LogP contribution < -0.4 is 5.32 Å². The highest BCUT2D eigenvalue weighted by atomic mass is 16.7. The minimum Gasteiger partial charge on any atom is -0.378 e. The number of rotatable bonds is 3. The maximum atomic E-state index is 9.13. The Bertz CT molecular complexity index is 490. The zero-order chi connectivity index (χ0) is 14.8. The van der Waals surface area contributed by atoms with Gasteiger partial charge in [0, 0.05) is 5.69 Å². The normalized spacial score (nSPS) is 19.4. The van der Waals surface area contributed by atoms with Gasteiger partial charge in [0.1, 0.15) is 0 Å². The lowest BCUT2D eigenvalue weighted by molar-refractivity contribution is -0.247. The molecule has 0 saturated carbocycles. The smallest absolute Gasteiger partial charge is 0.162 e. The van der Waals surface area contributed by atoms with Gasteiger partial charge in [-0.15, -0.1) is 0 Å². The van der Waals surface area contributed by atoms with Gasteiger partial charge >= 0.3 is 0 Å². The van der Waals surface area contributed by atoms with Crippen LogP contribution >= 0.6 is 0 Å². The van der Waals surface area contributed by atoms with Gasteiger partial charge in [0.15, 0.2) is 5.79 Å². The summed E-state index contributed by atoms with van der Waals surface area (Å²) in [5, 5.41) is 12.5. The van der Waals surface area contributed by atoms with E-state index in [0.29, 0.717) is 13.2 Å². The molecule has 4 heteroatoms. The zero-order valence-corrected chi connectivity index (χ0v) is 12.6. The second-order valence-electron chi connectivity index (χ2n) is 6.18. The molecule has 0 aromatic heterocycles. The van der Waals surface area contributed by atoms with Crippen molar-refractivity contribution in [2.24, 2.45) is 0 Å². The van der Waals surface area contributed by atoms with Crippen molar-refractivity contribution in [2.45, 2.75) is 44.9 Å². The number of benzene rings is 1. The van der Waals surface area contributed by atoms with Crippen LogP contribution in [0.5, 0.6) is 0 Å². The third-order valence-corrected chi connectivity index (χ3v) is 3.52. The molecule has 1 aliphatic rings. The zero-order valence-electron chi connectivity index (χ0n) is 12.6. The highest BCUT2D eigenvalue weighted by Crippen LogP contribution is 2.24. The third kappa shape index (κ3) is 3.50. The second-order valence-corrected chi connectivity index (χ2v) is 6.18. The number of ether oxygens (including phenoxy) is 2. The van der Waals surface area contributed by atoms with Gasteiger partial charge in [-0.05, 0) is 45.4 Å². The Balaban J connectivity index is 1.97. The molecule has 0 amide bonds. The first kappa shape index (κ1) is 14.8. The molecule has 1 heterocycles. The summed E-state index contributed by atoms with van der Waals surface area (Å²) in [5.74, 6) is -0.487. The van der Waals surface area contributed by atoms with E-state index in [1.807, 2.05) is 52.0 Å². The summed E-state index contributed by atoms with van der Waals surface area (Å²) in [7, 11) is 0. The molecule has 1 aromatic carbocycles. The second kappa shape index (κ2) is 5.43. The number of hydrogen-bond acceptors (Lipinski definition) is 4. The first-order valence-corrected chi connectivity index (χ1v) is 6.89. The molecule has 1 N–H and O–H groups in total. The van der Waals surface area contributed by atoms with Gasteiger partial charge < -0.3 is 14.8 Å². The Labute approximate surface area is 120 Å². The Morgan fingerprint density at radius 1 is 1.20 bits per heavy atom. The average molecular weight is 274 g/mol. The lowest BCUT2D eigenvalue weighted by atomic mass is 9.86. The van der Waals surface area contributed by atoms with E-state index in [9.17, 15) is 0 Å². The molecule has 1 saturated heterocycles. The molecule has 0 radical (unpaired) electrons. The Hall–Kier alpha value is -1.57. The van der Waals surface area contributed by atoms with E-state index in [1.165, 1.54) is 0 Å². The summed E-state index contributed by atoms with van der Waals surface area (Å²) in [5.41, 5.74) is 1.57. The first-order chi connectivity index (χ1) is 9.32. The highest BCUT2D eigenvalue weighted by molar-refractivity contribution is 5.47. The van der Waals surface area contributed by atoms with Crippen molar-refractivity contribution in [1.82, 2.24) is 0 Å². The lowest BCUT2D eigenvalue weighted by Crippen LogP contribution is -2.45. The van der Waals surface area contributed by atoms with Crippen molar-refractivity contribution in [3.8, 4) is 6.07 Å². The molecule has 0 atom stereocenters. The van der Waals surface area contributed by atoms with Crippen molar-refractivity contribution in [3.63, 3.8) is 0 Å². The van der Waals surface area contributed by atoms with E-state index >= 15 is 0 Å². The van der Waals surface area contributed by atoms with Crippen LogP contribution in [0.2, 0.25) is 0 Å². The van der Waals surface area contributed by atoms with E-state index in [4.69, 9.17) is 14.7 Å². The van der Waals surface area contributed by atoms with E-state index < -0.39 is 11.2 Å². The van der Waals surface area contributed by atoms with Crippen LogP contribution in [0, 0.1) is 11.3 Å². The molecule has 1 fully saturated rings. The molecule has 4 nitrogen and oxygen atoms in total. The minimum absolute atomic E-state index is 0.151. The monoisotopic (exact) mass is 274 g/mol. The summed E-state index contributed by atoms with van der Waals surface area (Å²) in [6.45, 7) is 8.92. The molecule has 2 rings (SSSR count). The molecule has 0 bridgehead atoms. The SMILES string of the molecule is CC1(C)OCC(Nc2ccc(C(C)(C)C#N)cc2)CO1. The predicted molar refractivity (Wildman–Crippen MR) is 78.5 cm³/mol. The van der Waals surface area contributed by atoms with Gasteiger partial charge in [-0.1, -0.05) is 12.1 Å². The van der Waals surface area contributed by atoms with Crippen LogP contribution in [-0.4, -0.2) is 25.0 Å². The predicted octanol–water partition coefficient (Wildman–Crippen LogP) is 3.05. The van der Waals surface area contributed by atoms with E-state index in [-0.39, 0.29) is 6.04 Å². The Morgan fingerprint density at radius 2 is 1.75 bits per heavy atom. The van der Waals surface area contributed by atoms with Gasteiger partial charge in [-0.2, -0.15) is 5.26 Å². The molecule has 1 aromatic rings. The number of hydrogen-bond donors (Lipinski definition) is 1. The average Bonchev–Trinajstić information content (AvgIpc) is 2.42. The molecule has 0 aliphatic carbocycles. The van der Waals surface area contributed by atoms with Gasteiger partial charge in [0.2, 0.25) is 0 Å². The molecule has 0 spiro atoms. The Morgan fingerprint density at radius 3 is 2.25 bits per heavy atom. The van der Waals surface area contributed by atoms with Crippen LogP contribution in [0.3, 0.4) is 0 Å². The quantitative estimate of drug-likeness (QED) is 0.920. The van der Waals surface area contributed by atoms with E-state index in [0.717, 1.165) is 11.3 Å². The van der Waals surface area contributed by atoms with E-state index in [1.54, 1.807) is 0 Å². The fourth-order valence-electron chi connectivity index (χ4n) is 2.06. The van der Waals surface area contributed by atoms with Crippen LogP contribution in [0.1, 0.15) is 33.3 Å². The largest absolute Gasteiger partial charge is 0.378 e. The molecular formula is C16H22N2O2. The van der Waals surface area contributed by atoms with Gasteiger partial charge in [0.05, 0.1) is 30.7 Å². The standard InChI is InChI=1S/C16H22N2O2/c1-15(2,11-17)12-5-7-13(8-6-12)18-14-9-19-16(3,4)20-10-14/h5-8,14,18H,9-10H2,1-4H3. The lowest BCUT2D eigenvalue weighted by Gasteiger charge is -2.35. The van der Waals surface area contributed by atoms with Crippen molar-refractivity contribution in [1.29, 1.82) is 5.26 Å². The van der Waals surface area contributed by atoms with Crippen molar-refractivity contribution < 1.29 is 9.47 Å². The van der Waals surface area contributed by atoms with Crippen LogP contribution in [0.25, 0.3) is 0 Å². The van der Waals surface area contributed by atoms with Gasteiger partial charge in [-0.25, -0.2) is 0 Å². The highest BCUT2D eigenvalue weighted by Gasteiger charge is 2.28. The van der Waals surface area contributed by atoms with Crippen molar-refractivity contribution in [2.75, 3.05) is 18.5 Å². The molecule has 1 aliphatic heterocycles. The number of nitrogens with zero attached hydrogens (tertiary/aromatic N) is 1. The van der Waals surface area contributed by atoms with Crippen LogP contribution in [-0.2, 0) is 14.9 Å². The third-order valence-electron chi connectivity index (χ3n) is 3.52. The van der Waals surface area contributed by atoms with Gasteiger partial charge in [-0.3, -0.25) is 0 Å². The summed E-state index contributed by atoms with van der Waals surface area (Å²) in [6, 6.07) is 10.4. The van der Waals surface area contributed by atoms with Crippen LogP contribution in [0.15, 0.2) is 24.3 Å². The van der Waals surface area contributed by atoms with Crippen LogP contribution in [0.4, 0.5) is 5.69 Å². The molecule has 0 unspecified atom stereocenters. The molecule has 108 valence electrons. The minimum atomic E-state index is -0.487. The number of nitriles is 1. The van der Waals surface area contributed by atoms with Crippen molar-refractivity contribution in [3.05, 3.63) is 29.8 Å². The fraction of sp³-hybridized carbons (Fsp3) is 0.562.